The molecule has 28 heavy (non-hydrogen) atoms. The van der Waals surface area contributed by atoms with Gasteiger partial charge in [-0.3, -0.25) is 4.79 Å². The van der Waals surface area contributed by atoms with Crippen LogP contribution in [-0.2, 0) is 15.4 Å². The maximum absolute atomic E-state index is 12.7. The van der Waals surface area contributed by atoms with E-state index < -0.39 is 15.1 Å². The quantitative estimate of drug-likeness (QED) is 0.787. The van der Waals surface area contributed by atoms with Crippen LogP contribution in [0, 0.1) is 0 Å². The van der Waals surface area contributed by atoms with Gasteiger partial charge in [0.2, 0.25) is 5.95 Å². The first kappa shape index (κ1) is 18.7. The summed E-state index contributed by atoms with van der Waals surface area (Å²) in [6.45, 7) is 0.761. The molecule has 9 nitrogen and oxygen atoms in total. The molecule has 0 spiro atoms. The van der Waals surface area contributed by atoms with Gasteiger partial charge in [-0.25, -0.2) is 28.4 Å². The third kappa shape index (κ3) is 3.82. The number of likely N-dealkylation sites (tertiary alicyclic amines) is 1. The maximum atomic E-state index is 12.7. The van der Waals surface area contributed by atoms with Crippen LogP contribution in [0.2, 0.25) is 0 Å². The Labute approximate surface area is 163 Å². The van der Waals surface area contributed by atoms with Crippen molar-refractivity contribution in [3.05, 3.63) is 42.2 Å². The zero-order chi connectivity index (χ0) is 19.8. The van der Waals surface area contributed by atoms with Gasteiger partial charge in [0.25, 0.3) is 5.91 Å². The summed E-state index contributed by atoms with van der Waals surface area (Å²) >= 11 is 0. The van der Waals surface area contributed by atoms with Crippen molar-refractivity contribution >= 4 is 21.7 Å². The van der Waals surface area contributed by atoms with Gasteiger partial charge in [0.15, 0.2) is 9.84 Å². The average molecular weight is 402 g/mol. The second kappa shape index (κ2) is 7.08. The van der Waals surface area contributed by atoms with E-state index in [2.05, 4.69) is 25.3 Å². The van der Waals surface area contributed by atoms with Crippen molar-refractivity contribution in [2.45, 2.75) is 36.5 Å². The second-order valence-electron chi connectivity index (χ2n) is 7.47. The number of rotatable bonds is 5. The fraction of sp³-hybridized carbons (Fsp3) is 0.500. The molecule has 1 aliphatic carbocycles. The SMILES string of the molecule is CS(=O)(=O)C1CCCN(C(=O)c2cnc(NC3(c4cncnc4)CC3)nc2)C1. The van der Waals surface area contributed by atoms with Gasteiger partial charge in [0.05, 0.1) is 16.4 Å². The Hall–Kier alpha value is -2.62. The van der Waals surface area contributed by atoms with E-state index in [9.17, 15) is 13.2 Å². The fourth-order valence-corrected chi connectivity index (χ4v) is 4.57. The molecule has 1 unspecified atom stereocenters. The number of carbonyl (C=O) groups is 1. The summed E-state index contributed by atoms with van der Waals surface area (Å²) in [5.74, 6) is 0.197. The Balaban J connectivity index is 1.44. The topological polar surface area (TPSA) is 118 Å². The third-order valence-electron chi connectivity index (χ3n) is 5.38. The molecule has 0 bridgehead atoms. The van der Waals surface area contributed by atoms with Crippen LogP contribution in [0.25, 0.3) is 0 Å². The molecule has 1 amide bonds. The van der Waals surface area contributed by atoms with Gasteiger partial charge >= 0.3 is 0 Å². The number of aromatic nitrogens is 4. The van der Waals surface area contributed by atoms with Crippen LogP contribution in [0.1, 0.15) is 41.6 Å². The zero-order valence-electron chi connectivity index (χ0n) is 15.6. The van der Waals surface area contributed by atoms with Crippen molar-refractivity contribution in [1.29, 1.82) is 0 Å². The van der Waals surface area contributed by atoms with E-state index in [0.29, 0.717) is 30.9 Å². The van der Waals surface area contributed by atoms with Crippen LogP contribution in [0.4, 0.5) is 5.95 Å². The standard InChI is InChI=1S/C18H22N6O3S/c1-28(26,27)15-3-2-6-24(11-15)16(25)13-7-21-17(22-8-13)23-18(4-5-18)14-9-19-12-20-10-14/h7-10,12,15H,2-6,11H2,1H3,(H,21,22,23). The van der Waals surface area contributed by atoms with Gasteiger partial charge in [-0.1, -0.05) is 0 Å². The number of piperidine rings is 1. The van der Waals surface area contributed by atoms with Crippen LogP contribution in [-0.4, -0.2) is 63.8 Å². The van der Waals surface area contributed by atoms with E-state index in [1.165, 1.54) is 25.0 Å². The second-order valence-corrected chi connectivity index (χ2v) is 9.80. The van der Waals surface area contributed by atoms with Crippen LogP contribution >= 0.6 is 0 Å². The van der Waals surface area contributed by atoms with Crippen LogP contribution in [0.3, 0.4) is 0 Å². The van der Waals surface area contributed by atoms with E-state index in [1.807, 2.05) is 0 Å². The Bertz CT molecular complexity index is 961. The highest BCUT2D eigenvalue weighted by molar-refractivity contribution is 7.91. The molecule has 1 saturated heterocycles. The third-order valence-corrected chi connectivity index (χ3v) is 6.98. The van der Waals surface area contributed by atoms with Crippen molar-refractivity contribution in [2.75, 3.05) is 24.7 Å². The summed E-state index contributed by atoms with van der Waals surface area (Å²) in [7, 11) is -3.17. The lowest BCUT2D eigenvalue weighted by atomic mass is 10.1. The monoisotopic (exact) mass is 402 g/mol. The number of nitrogens with zero attached hydrogens (tertiary/aromatic N) is 5. The highest BCUT2D eigenvalue weighted by atomic mass is 32.2. The molecule has 2 aromatic rings. The van der Waals surface area contributed by atoms with Gasteiger partial charge in [0.1, 0.15) is 6.33 Å². The van der Waals surface area contributed by atoms with E-state index in [-0.39, 0.29) is 18.0 Å². The van der Waals surface area contributed by atoms with Crippen molar-refractivity contribution in [3.8, 4) is 0 Å². The minimum atomic E-state index is -3.17. The molecule has 1 atom stereocenters. The van der Waals surface area contributed by atoms with Gasteiger partial charge in [-0.15, -0.1) is 0 Å². The van der Waals surface area contributed by atoms with Gasteiger partial charge < -0.3 is 10.2 Å². The van der Waals surface area contributed by atoms with Crippen molar-refractivity contribution in [3.63, 3.8) is 0 Å². The number of anilines is 1. The van der Waals surface area contributed by atoms with Gasteiger partial charge in [-0.2, -0.15) is 0 Å². The minimum Gasteiger partial charge on any atom is -0.345 e. The van der Waals surface area contributed by atoms with Crippen LogP contribution in [0.15, 0.2) is 31.1 Å². The average Bonchev–Trinajstić information content (AvgIpc) is 3.49. The van der Waals surface area contributed by atoms with Crippen molar-refractivity contribution in [2.24, 2.45) is 0 Å². The summed E-state index contributed by atoms with van der Waals surface area (Å²) in [4.78, 5) is 31.0. The largest absolute Gasteiger partial charge is 0.345 e. The summed E-state index contributed by atoms with van der Waals surface area (Å²) in [5, 5.41) is 2.81. The lowest BCUT2D eigenvalue weighted by Gasteiger charge is -2.31. The normalized spacial score (nSPS) is 21.2. The molecule has 3 heterocycles. The van der Waals surface area contributed by atoms with Crippen molar-refractivity contribution in [1.82, 2.24) is 24.8 Å². The van der Waals surface area contributed by atoms with E-state index >= 15 is 0 Å². The lowest BCUT2D eigenvalue weighted by molar-refractivity contribution is 0.0726. The molecule has 0 aromatic carbocycles. The molecule has 4 rings (SSSR count). The summed E-state index contributed by atoms with van der Waals surface area (Å²) in [6, 6.07) is 0. The van der Waals surface area contributed by atoms with Crippen molar-refractivity contribution < 1.29 is 13.2 Å². The molecule has 1 saturated carbocycles. The Morgan fingerprint density at radius 1 is 1.18 bits per heavy atom. The predicted octanol–water partition coefficient (Wildman–Crippen LogP) is 1.02. The molecule has 2 fully saturated rings. The number of nitrogens with one attached hydrogen (secondary N) is 1. The van der Waals surface area contributed by atoms with E-state index in [4.69, 9.17) is 0 Å². The first-order valence-electron chi connectivity index (χ1n) is 9.21. The summed E-state index contributed by atoms with van der Waals surface area (Å²) in [6.07, 6.45) is 12.4. The molecule has 10 heteroatoms. The number of sulfone groups is 1. The number of carbonyl (C=O) groups excluding carboxylic acids is 1. The molecule has 148 valence electrons. The molecule has 2 aromatic heterocycles. The Kier molecular flexibility index (Phi) is 4.74. The number of hydrogen-bond acceptors (Lipinski definition) is 8. The van der Waals surface area contributed by atoms with E-state index in [0.717, 1.165) is 18.4 Å². The van der Waals surface area contributed by atoms with Crippen LogP contribution < -0.4 is 5.32 Å². The lowest BCUT2D eigenvalue weighted by Crippen LogP contribution is -2.45. The molecular weight excluding hydrogens is 380 g/mol. The fourth-order valence-electron chi connectivity index (χ4n) is 3.53. The Morgan fingerprint density at radius 3 is 2.46 bits per heavy atom. The van der Waals surface area contributed by atoms with E-state index in [1.54, 1.807) is 17.3 Å². The highest BCUT2D eigenvalue weighted by Gasteiger charge is 2.45. The molecular formula is C18H22N6O3S. The molecule has 1 aliphatic heterocycles. The van der Waals surface area contributed by atoms with Crippen LogP contribution in [0.5, 0.6) is 0 Å². The van der Waals surface area contributed by atoms with Gasteiger partial charge in [0, 0.05) is 49.7 Å². The summed E-state index contributed by atoms with van der Waals surface area (Å²) < 4.78 is 23.6. The molecule has 1 N–H and O–H groups in total. The predicted molar refractivity (Wildman–Crippen MR) is 102 cm³/mol. The number of amides is 1. The first-order chi connectivity index (χ1) is 13.4. The molecule has 2 aliphatic rings. The highest BCUT2D eigenvalue weighted by Crippen LogP contribution is 2.47. The smallest absolute Gasteiger partial charge is 0.257 e. The Morgan fingerprint density at radius 2 is 1.86 bits per heavy atom. The summed E-state index contributed by atoms with van der Waals surface area (Å²) in [5.41, 5.74) is 1.09. The first-order valence-corrected chi connectivity index (χ1v) is 11.2. The molecule has 0 radical (unpaired) electrons. The maximum Gasteiger partial charge on any atom is 0.257 e. The number of hydrogen-bond donors (Lipinski definition) is 1. The minimum absolute atomic E-state index is 0.217. The zero-order valence-corrected chi connectivity index (χ0v) is 16.4. The van der Waals surface area contributed by atoms with Gasteiger partial charge in [-0.05, 0) is 25.7 Å².